The maximum Gasteiger partial charge on any atom is 0.472 e. The Hall–Kier alpha value is -2.07. The topological polar surface area (TPSA) is 149 Å². The number of carbonyl (C=O) groups excluding carboxylic acids is 2. The molecule has 0 heterocycles. The molecule has 0 fully saturated rings. The molecular weight excluding hydrogens is 719 g/mol. The summed E-state index contributed by atoms with van der Waals surface area (Å²) in [7, 11) is -4.65. The highest BCUT2D eigenvalue weighted by atomic mass is 31.2. The molecule has 0 aromatic carbocycles. The monoisotopic (exact) mass is 799 g/mol. The van der Waals surface area contributed by atoms with E-state index in [0.717, 1.165) is 57.8 Å². The molecule has 10 nitrogen and oxygen atoms in total. The molecule has 0 aliphatic heterocycles. The van der Waals surface area contributed by atoms with E-state index in [-0.39, 0.29) is 12.8 Å². The molecule has 0 saturated heterocycles. The van der Waals surface area contributed by atoms with Gasteiger partial charge in [0.2, 0.25) is 0 Å². The van der Waals surface area contributed by atoms with Crippen LogP contribution in [0.15, 0.2) is 48.6 Å². The fourth-order valence-electron chi connectivity index (χ4n) is 5.75. The number of hydrogen-bond acceptors (Lipinski definition) is 9. The van der Waals surface area contributed by atoms with Crippen LogP contribution >= 0.6 is 7.82 Å². The number of carbonyl (C=O) groups is 2. The second kappa shape index (κ2) is 40.1. The number of esters is 2. The largest absolute Gasteiger partial charge is 0.472 e. The minimum Gasteiger partial charge on any atom is -0.457 e. The molecular formula is C44H79O10P. The van der Waals surface area contributed by atoms with E-state index in [1.54, 1.807) is 0 Å². The number of allylic oxidation sites excluding steroid dienone is 8. The molecule has 3 atom stereocenters. The van der Waals surface area contributed by atoms with Gasteiger partial charge in [0.1, 0.15) is 12.2 Å². The number of hydrogen-bond donors (Lipinski definition) is 3. The zero-order chi connectivity index (χ0) is 40.5. The second-order valence-corrected chi connectivity index (χ2v) is 15.8. The predicted octanol–water partition coefficient (Wildman–Crippen LogP) is 11.3. The summed E-state index contributed by atoms with van der Waals surface area (Å²) in [5, 5.41) is 19.1. The Bertz CT molecular complexity index is 1060. The van der Waals surface area contributed by atoms with Crippen molar-refractivity contribution in [3.8, 4) is 0 Å². The summed E-state index contributed by atoms with van der Waals surface area (Å²) >= 11 is 0. The molecule has 11 heteroatoms. The van der Waals surface area contributed by atoms with Crippen LogP contribution in [0.4, 0.5) is 0 Å². The minimum atomic E-state index is -4.65. The number of phosphoric ester groups is 1. The molecule has 3 N–H and O–H groups in total. The third-order valence-electron chi connectivity index (χ3n) is 9.06. The van der Waals surface area contributed by atoms with Crippen molar-refractivity contribution in [2.24, 2.45) is 0 Å². The molecule has 0 amide bonds. The lowest BCUT2D eigenvalue weighted by Crippen LogP contribution is -2.28. The van der Waals surface area contributed by atoms with Crippen LogP contribution in [-0.4, -0.2) is 65.7 Å². The van der Waals surface area contributed by atoms with Gasteiger partial charge < -0.3 is 24.6 Å². The first kappa shape index (κ1) is 52.9. The smallest absolute Gasteiger partial charge is 0.457 e. The van der Waals surface area contributed by atoms with Gasteiger partial charge in [0, 0.05) is 12.8 Å². The van der Waals surface area contributed by atoms with Crippen LogP contribution in [0, 0.1) is 0 Å². The molecule has 55 heavy (non-hydrogen) atoms. The number of rotatable bonds is 40. The average molecular weight is 799 g/mol. The first-order valence-corrected chi connectivity index (χ1v) is 23.1. The van der Waals surface area contributed by atoms with Crippen LogP contribution in [0.3, 0.4) is 0 Å². The number of phosphoric acid groups is 1. The van der Waals surface area contributed by atoms with Crippen molar-refractivity contribution in [1.82, 2.24) is 0 Å². The molecule has 0 rings (SSSR count). The first-order valence-electron chi connectivity index (χ1n) is 21.6. The Balaban J connectivity index is 3.96. The third-order valence-corrected chi connectivity index (χ3v) is 10.0. The van der Waals surface area contributed by atoms with Gasteiger partial charge in [-0.2, -0.15) is 0 Å². The van der Waals surface area contributed by atoms with Crippen LogP contribution < -0.4 is 0 Å². The van der Waals surface area contributed by atoms with Gasteiger partial charge in [-0.3, -0.25) is 18.6 Å². The molecule has 3 unspecified atom stereocenters. The van der Waals surface area contributed by atoms with Crippen molar-refractivity contribution in [2.75, 3.05) is 26.4 Å². The lowest BCUT2D eigenvalue weighted by atomic mass is 10.0. The van der Waals surface area contributed by atoms with Gasteiger partial charge in [-0.05, 0) is 51.4 Å². The summed E-state index contributed by atoms with van der Waals surface area (Å²) in [6.45, 7) is 2.05. The SMILES string of the molecule is CC/C=C\C/C=C\C/C=C\C/C=C\CCCCC(=O)OC(CO)COP(=O)(O)OCC(CO)OC(=O)CCCCCCCCCCCCCCCCCCC. The zero-order valence-electron chi connectivity index (χ0n) is 34.6. The molecule has 0 aliphatic rings. The predicted molar refractivity (Wildman–Crippen MR) is 224 cm³/mol. The number of ether oxygens (including phenoxy) is 2. The summed E-state index contributed by atoms with van der Waals surface area (Å²) in [6.07, 6.45) is 42.3. The number of aliphatic hydroxyl groups excluding tert-OH is 2. The summed E-state index contributed by atoms with van der Waals surface area (Å²) in [4.78, 5) is 34.5. The highest BCUT2D eigenvalue weighted by Gasteiger charge is 2.27. The fourth-order valence-corrected chi connectivity index (χ4v) is 6.54. The van der Waals surface area contributed by atoms with Crippen LogP contribution in [0.25, 0.3) is 0 Å². The van der Waals surface area contributed by atoms with Gasteiger partial charge in [-0.25, -0.2) is 4.57 Å². The maximum atomic E-state index is 12.4. The fraction of sp³-hybridized carbons (Fsp3) is 0.773. The van der Waals surface area contributed by atoms with Crippen molar-refractivity contribution < 1.29 is 47.8 Å². The highest BCUT2D eigenvalue weighted by Crippen LogP contribution is 2.43. The quantitative estimate of drug-likeness (QED) is 0.0237. The average Bonchev–Trinajstić information content (AvgIpc) is 3.17. The Morgan fingerprint density at radius 1 is 0.509 bits per heavy atom. The van der Waals surface area contributed by atoms with Gasteiger partial charge in [-0.1, -0.05) is 165 Å². The summed E-state index contributed by atoms with van der Waals surface area (Å²) < 4.78 is 32.5. The molecule has 0 radical (unpaired) electrons. The van der Waals surface area contributed by atoms with E-state index in [9.17, 15) is 29.3 Å². The molecule has 0 saturated carbocycles. The normalized spacial score (nSPS) is 14.3. The van der Waals surface area contributed by atoms with Crippen LogP contribution in [-0.2, 0) is 32.7 Å². The van der Waals surface area contributed by atoms with E-state index < -0.39 is 58.4 Å². The molecule has 0 aliphatic carbocycles. The first-order chi connectivity index (χ1) is 26.8. The summed E-state index contributed by atoms with van der Waals surface area (Å²) in [5.74, 6) is -1.06. The van der Waals surface area contributed by atoms with Crippen LogP contribution in [0.5, 0.6) is 0 Å². The second-order valence-electron chi connectivity index (χ2n) is 14.3. The van der Waals surface area contributed by atoms with Crippen molar-refractivity contribution in [1.29, 1.82) is 0 Å². The number of aliphatic hydroxyl groups is 2. The van der Waals surface area contributed by atoms with E-state index in [0.29, 0.717) is 12.8 Å². The zero-order valence-corrected chi connectivity index (χ0v) is 35.5. The van der Waals surface area contributed by atoms with E-state index >= 15 is 0 Å². The Labute approximate surface area is 334 Å². The lowest BCUT2D eigenvalue weighted by molar-refractivity contribution is -0.153. The van der Waals surface area contributed by atoms with Gasteiger partial charge in [0.05, 0.1) is 26.4 Å². The minimum absolute atomic E-state index is 0.139. The van der Waals surface area contributed by atoms with Crippen molar-refractivity contribution in [2.45, 2.75) is 193 Å². The maximum absolute atomic E-state index is 12.4. The Kier molecular flexibility index (Phi) is 38.6. The van der Waals surface area contributed by atoms with E-state index in [1.165, 1.54) is 83.5 Å². The summed E-state index contributed by atoms with van der Waals surface area (Å²) in [6, 6.07) is 0. The Morgan fingerprint density at radius 2 is 0.855 bits per heavy atom. The molecule has 0 aromatic heterocycles. The highest BCUT2D eigenvalue weighted by molar-refractivity contribution is 7.47. The lowest BCUT2D eigenvalue weighted by Gasteiger charge is -2.20. The molecule has 0 spiro atoms. The standard InChI is InChI=1S/C44H79O10P/c1-3-5-7-9-11-13-15-17-19-20-22-24-26-28-30-32-34-36-44(48)54-42(38-46)40-52-55(49,50)51-39-41(37-45)53-43(47)35-33-31-29-27-25-23-21-18-16-14-12-10-8-6-4-2/h6,8,12,14,18,21,25,27,41-42,45-46H,3-5,7,9-11,13,15-17,19-20,22-24,26,28-40H2,1-2H3,(H,49,50)/b8-6-,14-12-,21-18-,27-25-. The third kappa shape index (κ3) is 38.6. The molecule has 0 aromatic rings. The van der Waals surface area contributed by atoms with E-state index in [4.69, 9.17) is 18.5 Å². The van der Waals surface area contributed by atoms with Crippen LogP contribution in [0.2, 0.25) is 0 Å². The van der Waals surface area contributed by atoms with E-state index in [2.05, 4.69) is 62.5 Å². The van der Waals surface area contributed by atoms with Gasteiger partial charge in [0.25, 0.3) is 0 Å². The van der Waals surface area contributed by atoms with E-state index in [1.807, 2.05) is 0 Å². The Morgan fingerprint density at radius 3 is 1.24 bits per heavy atom. The van der Waals surface area contributed by atoms with Crippen molar-refractivity contribution >= 4 is 19.8 Å². The summed E-state index contributed by atoms with van der Waals surface area (Å²) in [5.41, 5.74) is 0. The van der Waals surface area contributed by atoms with Crippen molar-refractivity contribution in [3.05, 3.63) is 48.6 Å². The van der Waals surface area contributed by atoms with Gasteiger partial charge in [-0.15, -0.1) is 0 Å². The molecule has 320 valence electrons. The van der Waals surface area contributed by atoms with Crippen LogP contribution in [0.1, 0.15) is 181 Å². The number of unbranched alkanes of at least 4 members (excludes halogenated alkanes) is 18. The van der Waals surface area contributed by atoms with Gasteiger partial charge >= 0.3 is 19.8 Å². The molecule has 0 bridgehead atoms. The van der Waals surface area contributed by atoms with Crippen molar-refractivity contribution in [3.63, 3.8) is 0 Å². The van der Waals surface area contributed by atoms with Gasteiger partial charge in [0.15, 0.2) is 0 Å².